The van der Waals surface area contributed by atoms with Gasteiger partial charge in [-0.05, 0) is 49.8 Å². The normalized spacial score (nSPS) is 22.4. The third-order valence-electron chi connectivity index (χ3n) is 7.67. The minimum Gasteiger partial charge on any atom is -0.377 e. The summed E-state index contributed by atoms with van der Waals surface area (Å²) in [5, 5.41) is 13.0. The summed E-state index contributed by atoms with van der Waals surface area (Å²) in [4.78, 5) is 27.5. The number of morpholine rings is 1. The first-order valence-electron chi connectivity index (χ1n) is 11.9. The zero-order valence-corrected chi connectivity index (χ0v) is 21.0. The van der Waals surface area contributed by atoms with Crippen molar-refractivity contribution in [2.75, 3.05) is 44.1 Å². The van der Waals surface area contributed by atoms with Crippen LogP contribution in [0, 0.1) is 5.92 Å². The van der Waals surface area contributed by atoms with Gasteiger partial charge in [0.05, 0.1) is 47.2 Å². The van der Waals surface area contributed by atoms with Gasteiger partial charge in [-0.1, -0.05) is 0 Å². The number of nitrogens with one attached hydrogen (secondary N) is 2. The average Bonchev–Trinajstić information content (AvgIpc) is 3.47. The highest BCUT2D eigenvalue weighted by Gasteiger charge is 2.43. The topological polar surface area (TPSA) is 99.3 Å². The van der Waals surface area contributed by atoms with E-state index in [2.05, 4.69) is 49.4 Å². The van der Waals surface area contributed by atoms with Gasteiger partial charge in [-0.15, -0.1) is 11.3 Å². The number of aryl methyl sites for hydroxylation is 1. The van der Waals surface area contributed by atoms with Crippen molar-refractivity contribution in [3.8, 4) is 0 Å². The number of hydrogen-bond donors (Lipinski definition) is 2. The number of H-pyrrole nitrogens is 1. The average molecular weight is 492 g/mol. The first kappa shape index (κ1) is 22.2. The second-order valence-electron chi connectivity index (χ2n) is 9.90. The van der Waals surface area contributed by atoms with Gasteiger partial charge in [0.1, 0.15) is 17.0 Å². The number of nitrogens with zero attached hydrogens (tertiary/aromatic N) is 5. The van der Waals surface area contributed by atoms with E-state index in [0.29, 0.717) is 25.7 Å². The molecule has 0 bridgehead atoms. The van der Waals surface area contributed by atoms with Gasteiger partial charge in [-0.2, -0.15) is 5.10 Å². The molecule has 1 fully saturated rings. The van der Waals surface area contributed by atoms with Crippen molar-refractivity contribution in [3.05, 3.63) is 35.1 Å². The number of hydrogen-bond acceptors (Lipinski definition) is 8. The fourth-order valence-corrected chi connectivity index (χ4v) is 6.89. The molecule has 3 aromatic heterocycles. The van der Waals surface area contributed by atoms with E-state index >= 15 is 0 Å². The van der Waals surface area contributed by atoms with Gasteiger partial charge in [-0.3, -0.25) is 9.89 Å². The molecule has 0 spiro atoms. The predicted molar refractivity (Wildman–Crippen MR) is 139 cm³/mol. The quantitative estimate of drug-likeness (QED) is 0.411. The second-order valence-corrected chi connectivity index (χ2v) is 11.0. The number of carbonyl (C=O) groups is 1. The maximum Gasteiger partial charge on any atom is 0.210 e. The molecule has 4 heterocycles. The summed E-state index contributed by atoms with van der Waals surface area (Å²) in [6, 6.07) is 4.21. The third-order valence-corrected chi connectivity index (χ3v) is 8.83. The first-order valence-corrected chi connectivity index (χ1v) is 12.8. The van der Waals surface area contributed by atoms with Crippen LogP contribution in [0.5, 0.6) is 0 Å². The highest BCUT2D eigenvalue weighted by molar-refractivity contribution is 7.19. The highest BCUT2D eigenvalue weighted by atomic mass is 32.1. The predicted octanol–water partition coefficient (Wildman–Crippen LogP) is 3.73. The number of rotatable bonds is 5. The Bertz CT molecular complexity index is 1410. The van der Waals surface area contributed by atoms with E-state index in [1.807, 2.05) is 25.2 Å². The van der Waals surface area contributed by atoms with Crippen molar-refractivity contribution in [1.29, 1.82) is 0 Å². The standard InChI is InChI=1S/C25H29N7O2S/c1-25(12-34-7-6-32(25)14-33)16-4-5-17-21(9-16)35-24-22(17)23(26-13-27-24)29-19-8-15-11-28-30-18(15)10-20(19)31(2)3/h8,10-11,13-14,16H,4-7,9,12H2,1-3H3,(H,28,30)(H,26,27,29)/t16-,25+/m0/s1. The van der Waals surface area contributed by atoms with E-state index in [-0.39, 0.29) is 5.54 Å². The number of ether oxygens (including phenoxy) is 1. The molecular formula is C25H29N7O2S. The Kier molecular flexibility index (Phi) is 5.37. The maximum atomic E-state index is 11.8. The zero-order valence-electron chi connectivity index (χ0n) is 20.2. The number of thiophene rings is 1. The van der Waals surface area contributed by atoms with E-state index in [1.54, 1.807) is 17.7 Å². The van der Waals surface area contributed by atoms with E-state index in [9.17, 15) is 4.79 Å². The van der Waals surface area contributed by atoms with Crippen LogP contribution in [0.2, 0.25) is 0 Å². The molecule has 2 aliphatic rings. The highest BCUT2D eigenvalue weighted by Crippen LogP contribution is 2.45. The molecule has 6 rings (SSSR count). The number of anilines is 3. The number of amides is 1. The molecule has 9 nitrogen and oxygen atoms in total. The maximum absolute atomic E-state index is 11.8. The van der Waals surface area contributed by atoms with E-state index in [1.165, 1.54) is 10.4 Å². The van der Waals surface area contributed by atoms with Crippen LogP contribution in [0.4, 0.5) is 17.2 Å². The lowest BCUT2D eigenvalue weighted by molar-refractivity contribution is -0.140. The zero-order chi connectivity index (χ0) is 24.2. The van der Waals surface area contributed by atoms with Crippen LogP contribution >= 0.6 is 11.3 Å². The monoisotopic (exact) mass is 491 g/mol. The minimum atomic E-state index is -0.277. The van der Waals surface area contributed by atoms with Crippen LogP contribution in [0.3, 0.4) is 0 Å². The summed E-state index contributed by atoms with van der Waals surface area (Å²) in [6.07, 6.45) is 7.33. The number of aromatic amines is 1. The molecule has 0 unspecified atom stereocenters. The van der Waals surface area contributed by atoms with Gasteiger partial charge in [0, 0.05) is 30.9 Å². The van der Waals surface area contributed by atoms with Crippen LogP contribution in [-0.2, 0) is 22.4 Å². The van der Waals surface area contributed by atoms with Gasteiger partial charge in [0.25, 0.3) is 0 Å². The smallest absolute Gasteiger partial charge is 0.210 e. The molecule has 0 saturated carbocycles. The first-order chi connectivity index (χ1) is 17.0. The van der Waals surface area contributed by atoms with Gasteiger partial charge in [0.15, 0.2) is 0 Å². The van der Waals surface area contributed by atoms with E-state index in [0.717, 1.165) is 64.0 Å². The lowest BCUT2D eigenvalue weighted by Crippen LogP contribution is -2.59. The fourth-order valence-electron chi connectivity index (χ4n) is 5.62. The Labute approximate surface area is 207 Å². The van der Waals surface area contributed by atoms with Gasteiger partial charge in [0.2, 0.25) is 6.41 Å². The molecule has 1 aliphatic heterocycles. The molecule has 1 aromatic carbocycles. The summed E-state index contributed by atoms with van der Waals surface area (Å²) >= 11 is 1.75. The summed E-state index contributed by atoms with van der Waals surface area (Å²) in [6.45, 7) is 4.03. The van der Waals surface area contributed by atoms with Crippen molar-refractivity contribution >= 4 is 56.1 Å². The molecule has 182 valence electrons. The van der Waals surface area contributed by atoms with Crippen molar-refractivity contribution in [2.24, 2.45) is 5.92 Å². The molecule has 2 N–H and O–H groups in total. The van der Waals surface area contributed by atoms with Crippen molar-refractivity contribution in [2.45, 2.75) is 31.7 Å². The molecule has 4 aromatic rings. The number of fused-ring (bicyclic) bond motifs is 4. The Hall–Kier alpha value is -3.24. The lowest BCUT2D eigenvalue weighted by atomic mass is 9.74. The van der Waals surface area contributed by atoms with Crippen molar-refractivity contribution in [3.63, 3.8) is 0 Å². The van der Waals surface area contributed by atoms with Gasteiger partial charge < -0.3 is 19.9 Å². The molecule has 1 aliphatic carbocycles. The molecule has 35 heavy (non-hydrogen) atoms. The SMILES string of the molecule is CN(C)c1cc2[nH]ncc2cc1Nc1ncnc2sc3c(c12)CC[C@H]([C@@]1(C)COCCN1C=O)C3. The number of benzene rings is 1. The number of aromatic nitrogens is 4. The number of carbonyl (C=O) groups excluding carboxylic acids is 1. The van der Waals surface area contributed by atoms with Crippen molar-refractivity contribution < 1.29 is 9.53 Å². The largest absolute Gasteiger partial charge is 0.377 e. The fraction of sp³-hybridized carbons (Fsp3) is 0.440. The Morgan fingerprint density at radius 1 is 1.34 bits per heavy atom. The Morgan fingerprint density at radius 2 is 2.23 bits per heavy atom. The van der Waals surface area contributed by atoms with Crippen LogP contribution < -0.4 is 10.2 Å². The molecule has 10 heteroatoms. The second kappa shape index (κ2) is 8.46. The van der Waals surface area contributed by atoms with Gasteiger partial charge in [-0.25, -0.2) is 9.97 Å². The van der Waals surface area contributed by atoms with Crippen molar-refractivity contribution in [1.82, 2.24) is 25.1 Å². The van der Waals surface area contributed by atoms with Crippen LogP contribution in [0.25, 0.3) is 21.1 Å². The molecule has 1 amide bonds. The van der Waals surface area contributed by atoms with E-state index in [4.69, 9.17) is 4.74 Å². The molecule has 2 atom stereocenters. The Morgan fingerprint density at radius 3 is 3.06 bits per heavy atom. The third kappa shape index (κ3) is 3.63. The van der Waals surface area contributed by atoms with E-state index < -0.39 is 0 Å². The minimum absolute atomic E-state index is 0.277. The molecular weight excluding hydrogens is 462 g/mol. The summed E-state index contributed by atoms with van der Waals surface area (Å²) < 4.78 is 5.82. The summed E-state index contributed by atoms with van der Waals surface area (Å²) in [7, 11) is 4.06. The Balaban J connectivity index is 1.37. The lowest BCUT2D eigenvalue weighted by Gasteiger charge is -2.48. The summed E-state index contributed by atoms with van der Waals surface area (Å²) in [5.74, 6) is 1.18. The molecule has 1 saturated heterocycles. The molecule has 0 radical (unpaired) electrons. The van der Waals surface area contributed by atoms with Crippen LogP contribution in [0.15, 0.2) is 24.7 Å². The summed E-state index contributed by atoms with van der Waals surface area (Å²) in [5.41, 5.74) is 4.08. The van der Waals surface area contributed by atoms with Crippen LogP contribution in [0.1, 0.15) is 23.8 Å². The van der Waals surface area contributed by atoms with Gasteiger partial charge >= 0.3 is 0 Å². The van der Waals surface area contributed by atoms with Crippen LogP contribution in [-0.4, -0.2) is 70.9 Å².